The molecular weight excluding hydrogens is 268 g/mol. The van der Waals surface area contributed by atoms with Gasteiger partial charge < -0.3 is 15.3 Å². The standard InChI is InChI=1S/C16H20N2O3/c1-9-5-10(2)14(13(6-9)15(19)20)17-16(21)18-8-11-3-4-12(18)7-11/h5-6,11-12H,3-4,7-8H2,1-2H3,(H,17,21)(H,19,20). The van der Waals surface area contributed by atoms with Crippen LogP contribution in [0.3, 0.4) is 0 Å². The van der Waals surface area contributed by atoms with Gasteiger partial charge in [-0.3, -0.25) is 0 Å². The van der Waals surface area contributed by atoms with Crippen molar-refractivity contribution >= 4 is 17.7 Å². The third kappa shape index (κ3) is 2.48. The number of carboxylic acids is 1. The van der Waals surface area contributed by atoms with Crippen LogP contribution in [0.5, 0.6) is 0 Å². The molecule has 1 aromatic rings. The molecule has 1 heterocycles. The minimum Gasteiger partial charge on any atom is -0.478 e. The average molecular weight is 288 g/mol. The van der Waals surface area contributed by atoms with Crippen molar-refractivity contribution in [3.8, 4) is 0 Å². The van der Waals surface area contributed by atoms with Gasteiger partial charge in [-0.05, 0) is 56.2 Å². The topological polar surface area (TPSA) is 69.6 Å². The van der Waals surface area contributed by atoms with Crippen molar-refractivity contribution in [2.45, 2.75) is 39.2 Å². The Kier molecular flexibility index (Phi) is 3.35. The molecule has 2 amide bonds. The highest BCUT2D eigenvalue weighted by Gasteiger charge is 2.40. The number of carbonyl (C=O) groups is 2. The Labute approximate surface area is 123 Å². The van der Waals surface area contributed by atoms with E-state index in [0.29, 0.717) is 17.6 Å². The van der Waals surface area contributed by atoms with Crippen molar-refractivity contribution < 1.29 is 14.7 Å². The van der Waals surface area contributed by atoms with Gasteiger partial charge in [0.2, 0.25) is 0 Å². The molecule has 0 radical (unpaired) electrons. The summed E-state index contributed by atoms with van der Waals surface area (Å²) in [4.78, 5) is 25.7. The Morgan fingerprint density at radius 3 is 2.62 bits per heavy atom. The van der Waals surface area contributed by atoms with Crippen LogP contribution in [0, 0.1) is 19.8 Å². The quantitative estimate of drug-likeness (QED) is 0.879. The molecule has 2 atom stereocenters. The Morgan fingerprint density at radius 1 is 1.29 bits per heavy atom. The third-order valence-electron chi connectivity index (χ3n) is 4.61. The summed E-state index contributed by atoms with van der Waals surface area (Å²) in [5.41, 5.74) is 2.24. The first-order chi connectivity index (χ1) is 9.95. The number of anilines is 1. The number of aryl methyl sites for hydroxylation is 2. The van der Waals surface area contributed by atoms with Crippen molar-refractivity contribution in [2.75, 3.05) is 11.9 Å². The third-order valence-corrected chi connectivity index (χ3v) is 4.61. The van der Waals surface area contributed by atoms with Crippen LogP contribution in [0.25, 0.3) is 0 Å². The van der Waals surface area contributed by atoms with Crippen LogP contribution < -0.4 is 5.32 Å². The van der Waals surface area contributed by atoms with Crippen molar-refractivity contribution in [2.24, 2.45) is 5.92 Å². The highest BCUT2D eigenvalue weighted by molar-refractivity contribution is 6.01. The normalized spacial score (nSPS) is 23.4. The monoisotopic (exact) mass is 288 g/mol. The van der Waals surface area contributed by atoms with Crippen LogP contribution in [0.2, 0.25) is 0 Å². The maximum absolute atomic E-state index is 12.4. The van der Waals surface area contributed by atoms with E-state index in [1.54, 1.807) is 6.07 Å². The number of hydrogen-bond acceptors (Lipinski definition) is 2. The second-order valence-electron chi connectivity index (χ2n) is 6.22. The molecule has 112 valence electrons. The Balaban J connectivity index is 1.84. The van der Waals surface area contributed by atoms with E-state index in [0.717, 1.165) is 30.5 Å². The number of amides is 2. The molecule has 0 aromatic heterocycles. The van der Waals surface area contributed by atoms with Crippen LogP contribution in [0.4, 0.5) is 10.5 Å². The summed E-state index contributed by atoms with van der Waals surface area (Å²) in [5, 5.41) is 12.2. The molecule has 1 saturated heterocycles. The van der Waals surface area contributed by atoms with Crippen LogP contribution in [-0.4, -0.2) is 34.6 Å². The zero-order valence-corrected chi connectivity index (χ0v) is 12.3. The van der Waals surface area contributed by atoms with Gasteiger partial charge in [-0.2, -0.15) is 0 Å². The molecular formula is C16H20N2O3. The number of hydrogen-bond donors (Lipinski definition) is 2. The fourth-order valence-electron chi connectivity index (χ4n) is 3.65. The van der Waals surface area contributed by atoms with Gasteiger partial charge in [-0.15, -0.1) is 0 Å². The molecule has 2 fully saturated rings. The molecule has 2 aliphatic rings. The molecule has 2 bridgehead atoms. The number of nitrogens with zero attached hydrogens (tertiary/aromatic N) is 1. The number of urea groups is 1. The van der Waals surface area contributed by atoms with Crippen LogP contribution in [0.15, 0.2) is 12.1 Å². The number of nitrogens with one attached hydrogen (secondary N) is 1. The summed E-state index contributed by atoms with van der Waals surface area (Å²) in [7, 11) is 0. The van der Waals surface area contributed by atoms with E-state index < -0.39 is 5.97 Å². The van der Waals surface area contributed by atoms with E-state index in [-0.39, 0.29) is 11.6 Å². The van der Waals surface area contributed by atoms with Gasteiger partial charge in [0.05, 0.1) is 11.3 Å². The Morgan fingerprint density at radius 2 is 2.05 bits per heavy atom. The number of rotatable bonds is 2. The number of piperidine rings is 1. The van der Waals surface area contributed by atoms with E-state index in [1.807, 2.05) is 24.8 Å². The van der Waals surface area contributed by atoms with Crippen molar-refractivity contribution in [3.05, 3.63) is 28.8 Å². The van der Waals surface area contributed by atoms with Crippen LogP contribution >= 0.6 is 0 Å². The summed E-state index contributed by atoms with van der Waals surface area (Å²) >= 11 is 0. The summed E-state index contributed by atoms with van der Waals surface area (Å²) in [6, 6.07) is 3.64. The second kappa shape index (κ2) is 5.06. The highest BCUT2D eigenvalue weighted by Crippen LogP contribution is 2.37. The predicted molar refractivity (Wildman–Crippen MR) is 79.7 cm³/mol. The summed E-state index contributed by atoms with van der Waals surface area (Å²) in [6.45, 7) is 4.47. The molecule has 3 rings (SSSR count). The van der Waals surface area contributed by atoms with E-state index in [1.165, 1.54) is 6.42 Å². The lowest BCUT2D eigenvalue weighted by atomic mass is 10.0. The zero-order valence-electron chi connectivity index (χ0n) is 12.3. The number of fused-ring (bicyclic) bond motifs is 2. The molecule has 2 unspecified atom stereocenters. The fourth-order valence-corrected chi connectivity index (χ4v) is 3.65. The van der Waals surface area contributed by atoms with E-state index in [2.05, 4.69) is 5.32 Å². The average Bonchev–Trinajstić information content (AvgIpc) is 3.03. The van der Waals surface area contributed by atoms with Gasteiger partial charge in [0.15, 0.2) is 0 Å². The van der Waals surface area contributed by atoms with E-state index >= 15 is 0 Å². The lowest BCUT2D eigenvalue weighted by Gasteiger charge is -2.27. The van der Waals surface area contributed by atoms with Gasteiger partial charge >= 0.3 is 12.0 Å². The van der Waals surface area contributed by atoms with Crippen molar-refractivity contribution in [1.29, 1.82) is 0 Å². The first-order valence-corrected chi connectivity index (χ1v) is 7.38. The fraction of sp³-hybridized carbons (Fsp3) is 0.500. The van der Waals surface area contributed by atoms with E-state index in [9.17, 15) is 14.7 Å². The minimum atomic E-state index is -1.01. The first-order valence-electron chi connectivity index (χ1n) is 7.38. The predicted octanol–water partition coefficient (Wildman–Crippen LogP) is 3.02. The van der Waals surface area contributed by atoms with Crippen LogP contribution in [-0.2, 0) is 0 Å². The smallest absolute Gasteiger partial charge is 0.337 e. The lowest BCUT2D eigenvalue weighted by Crippen LogP contribution is -2.40. The maximum atomic E-state index is 12.4. The molecule has 1 aliphatic carbocycles. The minimum absolute atomic E-state index is 0.158. The molecule has 21 heavy (non-hydrogen) atoms. The SMILES string of the molecule is Cc1cc(C)c(NC(=O)N2CC3CCC2C3)c(C(=O)O)c1. The van der Waals surface area contributed by atoms with Gasteiger partial charge in [0.1, 0.15) is 0 Å². The molecule has 2 N–H and O–H groups in total. The van der Waals surface area contributed by atoms with Crippen molar-refractivity contribution in [1.82, 2.24) is 4.90 Å². The molecule has 1 saturated carbocycles. The maximum Gasteiger partial charge on any atom is 0.337 e. The molecule has 1 aromatic carbocycles. The number of carboxylic acid groups (broad SMARTS) is 1. The summed E-state index contributed by atoms with van der Waals surface area (Å²) in [6.07, 6.45) is 3.36. The number of benzene rings is 1. The van der Waals surface area contributed by atoms with Crippen molar-refractivity contribution in [3.63, 3.8) is 0 Å². The Bertz CT molecular complexity index is 612. The summed E-state index contributed by atoms with van der Waals surface area (Å²) < 4.78 is 0. The van der Waals surface area contributed by atoms with Gasteiger partial charge in [0, 0.05) is 12.6 Å². The number of aromatic carboxylic acids is 1. The van der Waals surface area contributed by atoms with Crippen LogP contribution in [0.1, 0.15) is 40.7 Å². The summed E-state index contributed by atoms with van der Waals surface area (Å²) in [5.74, 6) is -0.390. The number of likely N-dealkylation sites (tertiary alicyclic amines) is 1. The highest BCUT2D eigenvalue weighted by atomic mass is 16.4. The number of carbonyl (C=O) groups excluding carboxylic acids is 1. The molecule has 1 aliphatic heterocycles. The first kappa shape index (κ1) is 13.9. The Hall–Kier alpha value is -2.04. The lowest BCUT2D eigenvalue weighted by molar-refractivity contribution is 0.0698. The largest absolute Gasteiger partial charge is 0.478 e. The zero-order chi connectivity index (χ0) is 15.1. The van der Waals surface area contributed by atoms with Gasteiger partial charge in [-0.1, -0.05) is 6.07 Å². The molecule has 0 spiro atoms. The molecule has 5 heteroatoms. The second-order valence-corrected chi connectivity index (χ2v) is 6.22. The van der Waals surface area contributed by atoms with E-state index in [4.69, 9.17) is 0 Å². The van der Waals surface area contributed by atoms with Gasteiger partial charge in [-0.25, -0.2) is 9.59 Å². The molecule has 5 nitrogen and oxygen atoms in total. The van der Waals surface area contributed by atoms with Gasteiger partial charge in [0.25, 0.3) is 0 Å².